The van der Waals surface area contributed by atoms with Crippen molar-refractivity contribution in [3.63, 3.8) is 0 Å². The van der Waals surface area contributed by atoms with Gasteiger partial charge in [-0.3, -0.25) is 4.79 Å². The molecule has 0 aromatic rings. The van der Waals surface area contributed by atoms with Gasteiger partial charge in [-0.1, -0.05) is 26.0 Å². The van der Waals surface area contributed by atoms with Gasteiger partial charge >= 0.3 is 0 Å². The second kappa shape index (κ2) is 8.27. The fraction of sp³-hybridized carbons (Fsp3) is 0.667. The van der Waals surface area contributed by atoms with Gasteiger partial charge in [0.1, 0.15) is 0 Å². The number of carboxylic acid groups (broad SMARTS) is 1. The Morgan fingerprint density at radius 1 is 1.42 bits per heavy atom. The molecule has 0 rings (SSSR count). The third-order valence-corrected chi connectivity index (χ3v) is 1.07. The van der Waals surface area contributed by atoms with Crippen LogP contribution in [0.3, 0.4) is 0 Å². The molecule has 0 saturated heterocycles. The number of aliphatic hydroxyl groups excluding tert-OH is 1. The van der Waals surface area contributed by atoms with Gasteiger partial charge in [0.2, 0.25) is 0 Å². The van der Waals surface area contributed by atoms with E-state index in [4.69, 9.17) is 15.0 Å². The van der Waals surface area contributed by atoms with E-state index in [1.54, 1.807) is 6.08 Å². The summed E-state index contributed by atoms with van der Waals surface area (Å²) in [6.45, 7) is 6.97. The molecule has 0 aliphatic carbocycles. The summed E-state index contributed by atoms with van der Waals surface area (Å²) in [5.74, 6) is -0.494. The van der Waals surface area contributed by atoms with Crippen LogP contribution in [0.4, 0.5) is 0 Å². The van der Waals surface area contributed by atoms with Gasteiger partial charge in [0.25, 0.3) is 5.97 Å². The van der Waals surface area contributed by atoms with Crippen LogP contribution in [0.2, 0.25) is 0 Å². The lowest BCUT2D eigenvalue weighted by atomic mass is 10.1. The predicted octanol–water partition coefficient (Wildman–Crippen LogP) is 1.67. The molecular weight excluding hydrogens is 156 g/mol. The summed E-state index contributed by atoms with van der Waals surface area (Å²) in [7, 11) is 0. The van der Waals surface area contributed by atoms with Crippen LogP contribution in [0.5, 0.6) is 0 Å². The second-order valence-corrected chi connectivity index (χ2v) is 2.78. The Morgan fingerprint density at radius 2 is 1.75 bits per heavy atom. The van der Waals surface area contributed by atoms with Crippen molar-refractivity contribution in [2.45, 2.75) is 33.8 Å². The Bertz CT molecular complexity index is 135. The van der Waals surface area contributed by atoms with E-state index in [1.807, 2.05) is 26.8 Å². The molecule has 0 aliphatic heterocycles. The van der Waals surface area contributed by atoms with Crippen LogP contribution >= 0.6 is 0 Å². The molecule has 0 fully saturated rings. The minimum atomic E-state index is -0.833. The molecular formula is C9H18O3. The predicted molar refractivity (Wildman–Crippen MR) is 49.0 cm³/mol. The van der Waals surface area contributed by atoms with Gasteiger partial charge in [-0.2, -0.15) is 0 Å². The van der Waals surface area contributed by atoms with E-state index in [-0.39, 0.29) is 6.10 Å². The normalized spacial score (nSPS) is 12.5. The Morgan fingerprint density at radius 3 is 1.83 bits per heavy atom. The average molecular weight is 174 g/mol. The van der Waals surface area contributed by atoms with Gasteiger partial charge in [-0.15, -0.1) is 0 Å². The first-order valence-electron chi connectivity index (χ1n) is 3.92. The lowest BCUT2D eigenvalue weighted by Gasteiger charge is -2.07. The van der Waals surface area contributed by atoms with Gasteiger partial charge < -0.3 is 10.2 Å². The number of allylic oxidation sites excluding steroid dienone is 1. The van der Waals surface area contributed by atoms with Crippen LogP contribution in [0.15, 0.2) is 12.2 Å². The largest absolute Gasteiger partial charge is 0.481 e. The van der Waals surface area contributed by atoms with Crippen LogP contribution < -0.4 is 0 Å². The highest BCUT2D eigenvalue weighted by Crippen LogP contribution is 2.00. The molecule has 0 saturated carbocycles. The van der Waals surface area contributed by atoms with Crippen molar-refractivity contribution in [3.8, 4) is 0 Å². The van der Waals surface area contributed by atoms with Gasteiger partial charge in [-0.25, -0.2) is 0 Å². The smallest absolute Gasteiger partial charge is 0.300 e. The van der Waals surface area contributed by atoms with Gasteiger partial charge in [0, 0.05) is 6.92 Å². The third kappa shape index (κ3) is 16.1. The lowest BCUT2D eigenvalue weighted by Crippen LogP contribution is -2.10. The van der Waals surface area contributed by atoms with Crippen molar-refractivity contribution in [2.24, 2.45) is 5.92 Å². The highest BCUT2D eigenvalue weighted by molar-refractivity contribution is 5.62. The number of rotatable bonds is 2. The van der Waals surface area contributed by atoms with Crippen molar-refractivity contribution >= 4 is 5.97 Å². The molecule has 0 aromatic carbocycles. The number of aliphatic hydroxyl groups is 1. The van der Waals surface area contributed by atoms with Crippen molar-refractivity contribution in [1.29, 1.82) is 0 Å². The second-order valence-electron chi connectivity index (χ2n) is 2.78. The summed E-state index contributed by atoms with van der Waals surface area (Å²) < 4.78 is 0. The van der Waals surface area contributed by atoms with E-state index in [0.29, 0.717) is 5.92 Å². The molecule has 0 heterocycles. The SMILES string of the molecule is CC(=O)O.CC=CC(O)C(C)C. The van der Waals surface area contributed by atoms with Crippen LogP contribution in [-0.4, -0.2) is 22.3 Å². The maximum absolute atomic E-state index is 9.04. The Balaban J connectivity index is 0. The average Bonchev–Trinajstić information content (AvgIpc) is 1.86. The highest BCUT2D eigenvalue weighted by Gasteiger charge is 2.01. The zero-order valence-corrected chi connectivity index (χ0v) is 8.11. The first kappa shape index (κ1) is 13.7. The monoisotopic (exact) mass is 174 g/mol. The molecule has 3 nitrogen and oxygen atoms in total. The number of hydrogen-bond acceptors (Lipinski definition) is 2. The summed E-state index contributed by atoms with van der Waals surface area (Å²) in [4.78, 5) is 9.00. The number of hydrogen-bond donors (Lipinski definition) is 2. The molecule has 3 heteroatoms. The minimum Gasteiger partial charge on any atom is -0.481 e. The molecule has 0 bridgehead atoms. The van der Waals surface area contributed by atoms with Crippen molar-refractivity contribution < 1.29 is 15.0 Å². The van der Waals surface area contributed by atoms with E-state index >= 15 is 0 Å². The summed E-state index contributed by atoms with van der Waals surface area (Å²) in [6.07, 6.45) is 3.40. The molecule has 2 N–H and O–H groups in total. The molecule has 0 spiro atoms. The molecule has 1 atom stereocenters. The third-order valence-electron chi connectivity index (χ3n) is 1.07. The Hall–Kier alpha value is -0.830. The van der Waals surface area contributed by atoms with Crippen molar-refractivity contribution in [1.82, 2.24) is 0 Å². The number of carbonyl (C=O) groups is 1. The molecule has 0 amide bonds. The van der Waals surface area contributed by atoms with Crippen molar-refractivity contribution in [2.75, 3.05) is 0 Å². The van der Waals surface area contributed by atoms with E-state index in [9.17, 15) is 0 Å². The van der Waals surface area contributed by atoms with E-state index in [2.05, 4.69) is 0 Å². The van der Waals surface area contributed by atoms with Crippen LogP contribution in [0.25, 0.3) is 0 Å². The first-order valence-corrected chi connectivity index (χ1v) is 3.92. The highest BCUT2D eigenvalue weighted by atomic mass is 16.4. The molecule has 12 heavy (non-hydrogen) atoms. The molecule has 72 valence electrons. The van der Waals surface area contributed by atoms with Crippen LogP contribution in [0, 0.1) is 5.92 Å². The number of carboxylic acids is 1. The summed E-state index contributed by atoms with van der Waals surface area (Å²) in [6, 6.07) is 0. The number of aliphatic carboxylic acids is 1. The topological polar surface area (TPSA) is 57.5 Å². The summed E-state index contributed by atoms with van der Waals surface area (Å²) in [5.41, 5.74) is 0. The summed E-state index contributed by atoms with van der Waals surface area (Å²) >= 11 is 0. The zero-order valence-electron chi connectivity index (χ0n) is 8.11. The molecule has 0 radical (unpaired) electrons. The maximum atomic E-state index is 9.04. The Kier molecular flexibility index (Phi) is 9.47. The van der Waals surface area contributed by atoms with Gasteiger partial charge in [-0.05, 0) is 12.8 Å². The Labute approximate surface area is 73.7 Å². The van der Waals surface area contributed by atoms with E-state index in [0.717, 1.165) is 6.92 Å². The summed E-state index contributed by atoms with van der Waals surface area (Å²) in [5, 5.41) is 16.5. The zero-order chi connectivity index (χ0) is 10.1. The minimum absolute atomic E-state index is 0.264. The fourth-order valence-electron chi connectivity index (χ4n) is 0.419. The molecule has 0 aliphatic rings. The van der Waals surface area contributed by atoms with Crippen LogP contribution in [0.1, 0.15) is 27.7 Å². The standard InChI is InChI=1S/C7H14O.C2H4O2/c1-4-5-7(8)6(2)3;1-2(3)4/h4-8H,1-3H3;1H3,(H,3,4). The molecule has 1 unspecified atom stereocenters. The molecule has 0 aromatic heterocycles. The maximum Gasteiger partial charge on any atom is 0.300 e. The van der Waals surface area contributed by atoms with Crippen molar-refractivity contribution in [3.05, 3.63) is 12.2 Å². The quantitative estimate of drug-likeness (QED) is 0.626. The van der Waals surface area contributed by atoms with E-state index in [1.165, 1.54) is 0 Å². The van der Waals surface area contributed by atoms with E-state index < -0.39 is 5.97 Å². The van der Waals surface area contributed by atoms with Gasteiger partial charge in [0.05, 0.1) is 6.10 Å². The fourth-order valence-corrected chi connectivity index (χ4v) is 0.419. The van der Waals surface area contributed by atoms with Crippen LogP contribution in [-0.2, 0) is 4.79 Å². The lowest BCUT2D eigenvalue weighted by molar-refractivity contribution is -0.134. The first-order chi connectivity index (χ1) is 5.41. The van der Waals surface area contributed by atoms with Gasteiger partial charge in [0.15, 0.2) is 0 Å².